The molecular weight excluding hydrogens is 338 g/mol. The van der Waals surface area contributed by atoms with Crippen LogP contribution in [0.5, 0.6) is 0 Å². The molecule has 20 heavy (non-hydrogen) atoms. The molecule has 3 aromatic rings. The minimum atomic E-state index is 0.538. The Hall–Kier alpha value is -1.39. The molecule has 3 nitrogen and oxygen atoms in total. The lowest BCUT2D eigenvalue weighted by molar-refractivity contribution is 0.904. The van der Waals surface area contributed by atoms with Crippen molar-refractivity contribution in [1.29, 1.82) is 0 Å². The van der Waals surface area contributed by atoms with Gasteiger partial charge in [-0.2, -0.15) is 0 Å². The van der Waals surface area contributed by atoms with Crippen molar-refractivity contribution in [2.24, 2.45) is 0 Å². The third-order valence-electron chi connectivity index (χ3n) is 3.22. The van der Waals surface area contributed by atoms with Gasteiger partial charge < -0.3 is 0 Å². The molecule has 0 bridgehead atoms. The summed E-state index contributed by atoms with van der Waals surface area (Å²) in [4.78, 5) is 9.09. The van der Waals surface area contributed by atoms with Crippen LogP contribution in [0.1, 0.15) is 11.4 Å². The number of imidazole rings is 1. The highest BCUT2D eigenvalue weighted by Crippen LogP contribution is 2.24. The van der Waals surface area contributed by atoms with Gasteiger partial charge in [0.1, 0.15) is 11.3 Å². The van der Waals surface area contributed by atoms with E-state index < -0.39 is 0 Å². The first-order valence-electron chi connectivity index (χ1n) is 6.35. The van der Waals surface area contributed by atoms with Gasteiger partial charge in [-0.1, -0.05) is 22.0 Å². The van der Waals surface area contributed by atoms with Gasteiger partial charge in [-0.3, -0.25) is 4.57 Å². The Labute approximate surface area is 130 Å². The zero-order valence-corrected chi connectivity index (χ0v) is 13.3. The maximum Gasteiger partial charge on any atom is 0.164 e. The topological polar surface area (TPSA) is 30.7 Å². The van der Waals surface area contributed by atoms with E-state index in [1.54, 1.807) is 6.20 Å². The van der Waals surface area contributed by atoms with E-state index in [1.807, 2.05) is 12.1 Å². The molecule has 0 unspecified atom stereocenters. The molecule has 0 aliphatic rings. The maximum absolute atomic E-state index is 5.90. The summed E-state index contributed by atoms with van der Waals surface area (Å²) < 4.78 is 3.15. The van der Waals surface area contributed by atoms with Crippen molar-refractivity contribution in [2.45, 2.75) is 13.3 Å². The van der Waals surface area contributed by atoms with E-state index in [9.17, 15) is 0 Å². The average molecular weight is 351 g/mol. The van der Waals surface area contributed by atoms with Crippen LogP contribution >= 0.6 is 27.5 Å². The summed E-state index contributed by atoms with van der Waals surface area (Å²) >= 11 is 9.48. The lowest BCUT2D eigenvalue weighted by Gasteiger charge is -2.09. The first-order valence-corrected chi connectivity index (χ1v) is 7.68. The van der Waals surface area contributed by atoms with Crippen LogP contribution in [-0.2, 0) is 6.42 Å². The molecule has 0 fully saturated rings. The predicted molar refractivity (Wildman–Crippen MR) is 85.7 cm³/mol. The highest BCUT2D eigenvalue weighted by molar-refractivity contribution is 9.10. The van der Waals surface area contributed by atoms with E-state index in [-0.39, 0.29) is 0 Å². The molecule has 2 aromatic heterocycles. The third-order valence-corrected chi connectivity index (χ3v) is 4.26. The number of hydrogen-bond acceptors (Lipinski definition) is 2. The molecule has 1 aromatic carbocycles. The van der Waals surface area contributed by atoms with Gasteiger partial charge in [0, 0.05) is 28.7 Å². The summed E-state index contributed by atoms with van der Waals surface area (Å²) in [6.45, 7) is 2.07. The van der Waals surface area contributed by atoms with E-state index in [2.05, 4.69) is 55.6 Å². The van der Waals surface area contributed by atoms with Crippen LogP contribution in [0, 0.1) is 6.92 Å². The van der Waals surface area contributed by atoms with Gasteiger partial charge in [0.2, 0.25) is 0 Å². The monoisotopic (exact) mass is 349 g/mol. The average Bonchev–Trinajstić information content (AvgIpc) is 2.80. The van der Waals surface area contributed by atoms with Gasteiger partial charge in [-0.15, -0.1) is 11.6 Å². The van der Waals surface area contributed by atoms with Crippen LogP contribution in [0.25, 0.3) is 16.9 Å². The quantitative estimate of drug-likeness (QED) is 0.660. The smallest absolute Gasteiger partial charge is 0.164 e. The Bertz CT molecular complexity index is 767. The molecule has 2 heterocycles. The number of hydrogen-bond donors (Lipinski definition) is 0. The molecule has 0 atom stereocenters. The van der Waals surface area contributed by atoms with E-state index in [1.165, 1.54) is 5.56 Å². The normalized spacial score (nSPS) is 11.2. The summed E-state index contributed by atoms with van der Waals surface area (Å²) in [5.41, 5.74) is 4.00. The van der Waals surface area contributed by atoms with E-state index in [0.29, 0.717) is 12.3 Å². The molecule has 0 radical (unpaired) electrons. The van der Waals surface area contributed by atoms with Crippen molar-refractivity contribution in [3.8, 4) is 5.69 Å². The fraction of sp³-hybridized carbons (Fsp3) is 0.200. The highest BCUT2D eigenvalue weighted by Gasteiger charge is 2.13. The Kier molecular flexibility index (Phi) is 3.76. The standard InChI is InChI=1S/C15H13BrClN3/c1-10-4-5-11(9-12(10)16)20-14(6-7-17)19-13-3-2-8-18-15(13)20/h2-5,8-9H,6-7H2,1H3. The second-order valence-corrected chi connectivity index (χ2v) is 5.81. The van der Waals surface area contributed by atoms with Crippen molar-refractivity contribution >= 4 is 38.7 Å². The Balaban J connectivity index is 2.26. The van der Waals surface area contributed by atoms with Crippen LogP contribution in [0.3, 0.4) is 0 Å². The van der Waals surface area contributed by atoms with Gasteiger partial charge in [-0.25, -0.2) is 9.97 Å². The number of benzene rings is 1. The molecular formula is C15H13BrClN3. The SMILES string of the molecule is Cc1ccc(-n2c(CCCl)nc3cccnc32)cc1Br. The van der Waals surface area contributed by atoms with Crippen LogP contribution in [0.15, 0.2) is 41.0 Å². The molecule has 0 aliphatic heterocycles. The van der Waals surface area contributed by atoms with Gasteiger partial charge in [0.25, 0.3) is 0 Å². The maximum atomic E-state index is 5.90. The van der Waals surface area contributed by atoms with Gasteiger partial charge in [0.05, 0.1) is 0 Å². The number of halogens is 2. The lowest BCUT2D eigenvalue weighted by Crippen LogP contribution is -2.03. The largest absolute Gasteiger partial charge is 0.281 e. The Morgan fingerprint density at radius 2 is 2.15 bits per heavy atom. The fourth-order valence-electron chi connectivity index (χ4n) is 2.20. The Morgan fingerprint density at radius 1 is 1.30 bits per heavy atom. The minimum absolute atomic E-state index is 0.538. The van der Waals surface area contributed by atoms with Crippen molar-refractivity contribution in [3.05, 3.63) is 52.4 Å². The van der Waals surface area contributed by atoms with Gasteiger partial charge in [-0.05, 0) is 36.8 Å². The molecule has 0 aliphatic carbocycles. The molecule has 0 amide bonds. The Morgan fingerprint density at radius 3 is 2.90 bits per heavy atom. The van der Waals surface area contributed by atoms with Crippen LogP contribution in [-0.4, -0.2) is 20.4 Å². The van der Waals surface area contributed by atoms with E-state index in [4.69, 9.17) is 11.6 Å². The number of fused-ring (bicyclic) bond motifs is 1. The molecule has 3 rings (SSSR count). The molecule has 0 spiro atoms. The van der Waals surface area contributed by atoms with E-state index in [0.717, 1.165) is 27.1 Å². The van der Waals surface area contributed by atoms with Gasteiger partial charge >= 0.3 is 0 Å². The van der Waals surface area contributed by atoms with Gasteiger partial charge in [0.15, 0.2) is 5.65 Å². The second-order valence-electron chi connectivity index (χ2n) is 4.58. The number of aromatic nitrogens is 3. The van der Waals surface area contributed by atoms with Crippen LogP contribution in [0.4, 0.5) is 0 Å². The number of alkyl halides is 1. The minimum Gasteiger partial charge on any atom is -0.281 e. The fourth-order valence-corrected chi connectivity index (χ4v) is 2.74. The number of rotatable bonds is 3. The molecule has 0 saturated carbocycles. The first kappa shape index (κ1) is 13.6. The summed E-state index contributed by atoms with van der Waals surface area (Å²) in [6.07, 6.45) is 2.50. The van der Waals surface area contributed by atoms with Crippen molar-refractivity contribution in [3.63, 3.8) is 0 Å². The van der Waals surface area contributed by atoms with Crippen LogP contribution in [0.2, 0.25) is 0 Å². The molecule has 0 N–H and O–H groups in total. The molecule has 5 heteroatoms. The van der Waals surface area contributed by atoms with Crippen LogP contribution < -0.4 is 0 Å². The van der Waals surface area contributed by atoms with Crippen molar-refractivity contribution in [2.75, 3.05) is 5.88 Å². The predicted octanol–water partition coefficient (Wildman–Crippen LogP) is 4.27. The molecule has 0 saturated heterocycles. The number of aryl methyl sites for hydroxylation is 2. The van der Waals surface area contributed by atoms with Crippen molar-refractivity contribution < 1.29 is 0 Å². The lowest BCUT2D eigenvalue weighted by atomic mass is 10.2. The highest BCUT2D eigenvalue weighted by atomic mass is 79.9. The van der Waals surface area contributed by atoms with Crippen molar-refractivity contribution in [1.82, 2.24) is 14.5 Å². The summed E-state index contributed by atoms with van der Waals surface area (Å²) in [6, 6.07) is 10.1. The zero-order chi connectivity index (χ0) is 14.1. The van der Waals surface area contributed by atoms with E-state index >= 15 is 0 Å². The summed E-state index contributed by atoms with van der Waals surface area (Å²) in [5, 5.41) is 0. The summed E-state index contributed by atoms with van der Waals surface area (Å²) in [5.74, 6) is 1.47. The first-order chi connectivity index (χ1) is 9.70. The third kappa shape index (κ3) is 2.34. The summed E-state index contributed by atoms with van der Waals surface area (Å²) in [7, 11) is 0. The second kappa shape index (κ2) is 5.54. The zero-order valence-electron chi connectivity index (χ0n) is 11.0. The number of nitrogens with zero attached hydrogens (tertiary/aromatic N) is 3. The number of pyridine rings is 1. The molecule has 102 valence electrons.